The van der Waals surface area contributed by atoms with E-state index in [1.165, 1.54) is 0 Å². The molecular formula is C18H22N4O3. The van der Waals surface area contributed by atoms with Crippen LogP contribution in [0.5, 0.6) is 0 Å². The Morgan fingerprint density at radius 3 is 3.08 bits per heavy atom. The maximum atomic E-state index is 12.9. The second-order valence-corrected chi connectivity index (χ2v) is 6.63. The van der Waals surface area contributed by atoms with Crippen molar-refractivity contribution in [3.05, 3.63) is 36.0 Å². The Hall–Kier alpha value is -2.54. The molecule has 0 aliphatic carbocycles. The zero-order valence-electron chi connectivity index (χ0n) is 14.2. The number of piperidine rings is 1. The minimum absolute atomic E-state index is 0.0135. The van der Waals surface area contributed by atoms with Gasteiger partial charge in [0.25, 0.3) is 5.91 Å². The van der Waals surface area contributed by atoms with Crippen LogP contribution in [0.15, 0.2) is 30.5 Å². The van der Waals surface area contributed by atoms with Gasteiger partial charge in [-0.2, -0.15) is 0 Å². The molecule has 0 unspecified atom stereocenters. The zero-order chi connectivity index (χ0) is 17.4. The van der Waals surface area contributed by atoms with Crippen molar-refractivity contribution in [1.82, 2.24) is 20.1 Å². The monoisotopic (exact) mass is 342 g/mol. The maximum absolute atomic E-state index is 12.9. The van der Waals surface area contributed by atoms with Crippen LogP contribution in [-0.2, 0) is 4.74 Å². The molecule has 0 saturated carbocycles. The molecule has 0 bridgehead atoms. The van der Waals surface area contributed by atoms with Gasteiger partial charge in [0.05, 0.1) is 18.7 Å². The van der Waals surface area contributed by atoms with E-state index in [-0.39, 0.29) is 24.0 Å². The number of methoxy groups -OCH3 is 1. The van der Waals surface area contributed by atoms with Gasteiger partial charge in [-0.1, -0.05) is 6.07 Å². The van der Waals surface area contributed by atoms with Crippen molar-refractivity contribution >= 4 is 22.8 Å². The van der Waals surface area contributed by atoms with E-state index in [0.717, 1.165) is 17.3 Å². The summed E-state index contributed by atoms with van der Waals surface area (Å²) in [5.74, 6) is 0.0135. The summed E-state index contributed by atoms with van der Waals surface area (Å²) in [5.41, 5.74) is 1.63. The highest BCUT2D eigenvalue weighted by Gasteiger charge is 2.43. The van der Waals surface area contributed by atoms with E-state index in [9.17, 15) is 9.59 Å². The second-order valence-electron chi connectivity index (χ2n) is 6.63. The molecule has 2 saturated heterocycles. The van der Waals surface area contributed by atoms with E-state index in [1.54, 1.807) is 7.11 Å². The predicted octanol–water partition coefficient (Wildman–Crippen LogP) is 1.42. The van der Waals surface area contributed by atoms with E-state index in [4.69, 9.17) is 4.74 Å². The van der Waals surface area contributed by atoms with Crippen molar-refractivity contribution in [2.75, 3.05) is 33.4 Å². The summed E-state index contributed by atoms with van der Waals surface area (Å²) < 4.78 is 5.09. The number of aromatic nitrogens is 1. The third-order valence-corrected chi connectivity index (χ3v) is 5.17. The van der Waals surface area contributed by atoms with Crippen LogP contribution < -0.4 is 5.32 Å². The normalized spacial score (nSPS) is 23.0. The fourth-order valence-electron chi connectivity index (χ4n) is 3.85. The number of hydrogen-bond acceptors (Lipinski definition) is 3. The number of carbonyl (C=O) groups excluding carboxylic acids is 2. The lowest BCUT2D eigenvalue weighted by atomic mass is 9.99. The van der Waals surface area contributed by atoms with Crippen molar-refractivity contribution in [3.8, 4) is 0 Å². The summed E-state index contributed by atoms with van der Waals surface area (Å²) in [6.45, 7) is 2.30. The number of H-pyrrole nitrogens is 1. The number of fused-ring (bicyclic) bond motifs is 2. The number of nitrogens with zero attached hydrogens (tertiary/aromatic N) is 2. The number of urea groups is 1. The second kappa shape index (κ2) is 6.40. The Kier molecular flexibility index (Phi) is 4.09. The van der Waals surface area contributed by atoms with E-state index >= 15 is 0 Å². The van der Waals surface area contributed by atoms with Crippen LogP contribution in [0.3, 0.4) is 0 Å². The van der Waals surface area contributed by atoms with Crippen LogP contribution in [0.2, 0.25) is 0 Å². The Balaban J connectivity index is 1.47. The van der Waals surface area contributed by atoms with Gasteiger partial charge in [0, 0.05) is 44.0 Å². The number of amides is 3. The van der Waals surface area contributed by atoms with Gasteiger partial charge < -0.3 is 24.8 Å². The fraction of sp³-hybridized carbons (Fsp3) is 0.444. The average Bonchev–Trinajstić information content (AvgIpc) is 3.21. The minimum Gasteiger partial charge on any atom is -0.383 e. The molecule has 2 aliphatic heterocycles. The standard InChI is InChI=1S/C18H22N4O3/c1-25-9-8-22-16-5-7-21(11-15(16)20-18(22)24)17(23)13-3-2-12-4-6-19-14(12)10-13/h2-4,6,10,15-16,19H,5,7-9,11H2,1H3,(H,20,24)/t15-,16+/m1/s1. The SMILES string of the molecule is COCCN1C(=O)N[C@@H]2CN(C(=O)c3ccc4cc[nH]c4c3)CC[C@@H]21. The lowest BCUT2D eigenvalue weighted by Crippen LogP contribution is -2.53. The number of ether oxygens (including phenoxy) is 1. The lowest BCUT2D eigenvalue weighted by molar-refractivity contribution is 0.0642. The molecule has 2 aliphatic rings. The molecule has 1 aromatic carbocycles. The first-order valence-electron chi connectivity index (χ1n) is 8.60. The molecule has 2 fully saturated rings. The number of likely N-dealkylation sites (tertiary alicyclic amines) is 1. The van der Waals surface area contributed by atoms with Gasteiger partial charge in [0.15, 0.2) is 0 Å². The number of benzene rings is 1. The molecule has 2 aromatic rings. The third-order valence-electron chi connectivity index (χ3n) is 5.17. The van der Waals surface area contributed by atoms with E-state index in [0.29, 0.717) is 31.8 Å². The number of aromatic amines is 1. The Morgan fingerprint density at radius 1 is 1.36 bits per heavy atom. The Bertz CT molecular complexity index is 802. The summed E-state index contributed by atoms with van der Waals surface area (Å²) in [4.78, 5) is 31.8. The molecule has 3 amide bonds. The first kappa shape index (κ1) is 16.0. The van der Waals surface area contributed by atoms with Gasteiger partial charge >= 0.3 is 6.03 Å². The molecule has 3 heterocycles. The van der Waals surface area contributed by atoms with Gasteiger partial charge in [-0.05, 0) is 30.0 Å². The average molecular weight is 342 g/mol. The van der Waals surface area contributed by atoms with Crippen molar-refractivity contribution in [2.45, 2.75) is 18.5 Å². The molecule has 7 nitrogen and oxygen atoms in total. The molecule has 7 heteroatoms. The van der Waals surface area contributed by atoms with Crippen LogP contribution in [0.1, 0.15) is 16.8 Å². The number of carbonyl (C=O) groups is 2. The molecule has 132 valence electrons. The van der Waals surface area contributed by atoms with Crippen LogP contribution in [0.25, 0.3) is 10.9 Å². The van der Waals surface area contributed by atoms with Gasteiger partial charge in [-0.25, -0.2) is 4.79 Å². The summed E-state index contributed by atoms with van der Waals surface area (Å²) in [6.07, 6.45) is 2.65. The van der Waals surface area contributed by atoms with Crippen molar-refractivity contribution < 1.29 is 14.3 Å². The predicted molar refractivity (Wildman–Crippen MR) is 93.5 cm³/mol. The van der Waals surface area contributed by atoms with E-state index in [1.807, 2.05) is 40.3 Å². The summed E-state index contributed by atoms with van der Waals surface area (Å²) in [6, 6.07) is 7.75. The quantitative estimate of drug-likeness (QED) is 0.882. The van der Waals surface area contributed by atoms with Crippen LogP contribution in [0.4, 0.5) is 4.79 Å². The highest BCUT2D eigenvalue weighted by Crippen LogP contribution is 2.24. The lowest BCUT2D eigenvalue weighted by Gasteiger charge is -2.36. The number of hydrogen-bond donors (Lipinski definition) is 2. The maximum Gasteiger partial charge on any atom is 0.318 e. The molecule has 0 spiro atoms. The van der Waals surface area contributed by atoms with Crippen LogP contribution >= 0.6 is 0 Å². The van der Waals surface area contributed by atoms with E-state index in [2.05, 4.69) is 10.3 Å². The molecule has 2 atom stereocenters. The number of nitrogens with one attached hydrogen (secondary N) is 2. The van der Waals surface area contributed by atoms with Crippen LogP contribution in [-0.4, -0.2) is 72.2 Å². The van der Waals surface area contributed by atoms with Gasteiger partial charge in [-0.3, -0.25) is 4.79 Å². The molecule has 25 heavy (non-hydrogen) atoms. The highest BCUT2D eigenvalue weighted by molar-refractivity contribution is 5.98. The first-order valence-corrected chi connectivity index (χ1v) is 8.60. The van der Waals surface area contributed by atoms with Gasteiger partial charge in [-0.15, -0.1) is 0 Å². The van der Waals surface area contributed by atoms with Crippen molar-refractivity contribution in [1.29, 1.82) is 0 Å². The summed E-state index contributed by atoms with van der Waals surface area (Å²) in [7, 11) is 1.63. The van der Waals surface area contributed by atoms with Gasteiger partial charge in [0.1, 0.15) is 0 Å². The largest absolute Gasteiger partial charge is 0.383 e. The zero-order valence-corrected chi connectivity index (χ0v) is 14.2. The molecule has 4 rings (SSSR count). The third kappa shape index (κ3) is 2.84. The number of rotatable bonds is 4. The summed E-state index contributed by atoms with van der Waals surface area (Å²) in [5, 5.41) is 4.10. The fourth-order valence-corrected chi connectivity index (χ4v) is 3.85. The minimum atomic E-state index is -0.0610. The van der Waals surface area contributed by atoms with E-state index < -0.39 is 0 Å². The van der Waals surface area contributed by atoms with Crippen molar-refractivity contribution in [2.24, 2.45) is 0 Å². The van der Waals surface area contributed by atoms with Crippen LogP contribution in [0, 0.1) is 0 Å². The summed E-state index contributed by atoms with van der Waals surface area (Å²) >= 11 is 0. The van der Waals surface area contributed by atoms with Crippen molar-refractivity contribution in [3.63, 3.8) is 0 Å². The smallest absolute Gasteiger partial charge is 0.318 e. The Morgan fingerprint density at radius 2 is 2.24 bits per heavy atom. The Labute approximate surface area is 145 Å². The molecule has 2 N–H and O–H groups in total. The first-order chi connectivity index (χ1) is 12.2. The molecular weight excluding hydrogens is 320 g/mol. The molecule has 1 aromatic heterocycles. The topological polar surface area (TPSA) is 77.7 Å². The highest BCUT2D eigenvalue weighted by atomic mass is 16.5. The molecule has 0 radical (unpaired) electrons. The van der Waals surface area contributed by atoms with Gasteiger partial charge in [0.2, 0.25) is 0 Å².